The molecule has 3 nitrogen and oxygen atoms in total. The molecular formula is C10H8Cl2N2O. The van der Waals surface area contributed by atoms with Gasteiger partial charge in [-0.3, -0.25) is 4.57 Å². The normalized spacial score (nSPS) is 10.3. The van der Waals surface area contributed by atoms with Crippen LogP contribution in [-0.4, -0.2) is 9.55 Å². The lowest BCUT2D eigenvalue weighted by Crippen LogP contribution is -1.94. The maximum Gasteiger partial charge on any atom is 0.302 e. The van der Waals surface area contributed by atoms with Gasteiger partial charge in [0.15, 0.2) is 0 Å². The number of rotatable bonds is 2. The molecule has 0 aliphatic rings. The van der Waals surface area contributed by atoms with E-state index < -0.39 is 0 Å². The summed E-state index contributed by atoms with van der Waals surface area (Å²) in [5, 5.41) is 1.14. The van der Waals surface area contributed by atoms with E-state index in [-0.39, 0.29) is 0 Å². The Bertz CT molecular complexity index is 482. The summed E-state index contributed by atoms with van der Waals surface area (Å²) < 4.78 is 7.14. The van der Waals surface area contributed by atoms with Gasteiger partial charge in [-0.25, -0.2) is 4.98 Å². The van der Waals surface area contributed by atoms with Crippen LogP contribution in [0.2, 0.25) is 10.2 Å². The van der Waals surface area contributed by atoms with Crippen LogP contribution in [0, 0.1) is 0 Å². The highest BCUT2D eigenvalue weighted by Crippen LogP contribution is 2.24. The van der Waals surface area contributed by atoms with Crippen molar-refractivity contribution in [3.8, 4) is 11.8 Å². The molecule has 0 aliphatic heterocycles. The van der Waals surface area contributed by atoms with Gasteiger partial charge in [0.25, 0.3) is 0 Å². The quantitative estimate of drug-likeness (QED) is 0.806. The molecule has 78 valence electrons. The smallest absolute Gasteiger partial charge is 0.302 e. The summed E-state index contributed by atoms with van der Waals surface area (Å²) in [4.78, 5) is 4.01. The van der Waals surface area contributed by atoms with Crippen LogP contribution in [0.4, 0.5) is 0 Å². The van der Waals surface area contributed by atoms with Gasteiger partial charge in [-0.2, -0.15) is 0 Å². The van der Waals surface area contributed by atoms with Crippen molar-refractivity contribution in [1.29, 1.82) is 0 Å². The number of hydrogen-bond donors (Lipinski definition) is 0. The van der Waals surface area contributed by atoms with E-state index in [0.717, 1.165) is 0 Å². The van der Waals surface area contributed by atoms with Crippen molar-refractivity contribution in [1.82, 2.24) is 9.55 Å². The van der Waals surface area contributed by atoms with Crippen LogP contribution in [0.15, 0.2) is 30.5 Å². The van der Waals surface area contributed by atoms with Crippen molar-refractivity contribution in [3.05, 3.63) is 40.6 Å². The van der Waals surface area contributed by atoms with Crippen LogP contribution >= 0.6 is 23.2 Å². The van der Waals surface area contributed by atoms with E-state index in [2.05, 4.69) is 4.98 Å². The third-order valence-electron chi connectivity index (χ3n) is 1.89. The molecular weight excluding hydrogens is 235 g/mol. The van der Waals surface area contributed by atoms with Gasteiger partial charge in [0, 0.05) is 12.1 Å². The van der Waals surface area contributed by atoms with Gasteiger partial charge in [-0.1, -0.05) is 29.3 Å². The molecule has 0 spiro atoms. The van der Waals surface area contributed by atoms with Crippen LogP contribution in [0.25, 0.3) is 0 Å². The molecule has 0 saturated heterocycles. The third-order valence-corrected chi connectivity index (χ3v) is 2.48. The minimum Gasteiger partial charge on any atom is -0.425 e. The zero-order valence-electron chi connectivity index (χ0n) is 7.95. The van der Waals surface area contributed by atoms with Crippen molar-refractivity contribution >= 4 is 23.2 Å². The number of hydrogen-bond acceptors (Lipinski definition) is 2. The number of ether oxygens (including phenoxy) is 1. The highest BCUT2D eigenvalue weighted by molar-refractivity contribution is 6.30. The number of halogens is 2. The SMILES string of the molecule is Cn1c(Cl)cnc1Oc1cccc(Cl)c1. The van der Waals surface area contributed by atoms with E-state index >= 15 is 0 Å². The molecule has 0 atom stereocenters. The van der Waals surface area contributed by atoms with E-state index in [0.29, 0.717) is 21.9 Å². The first-order valence-corrected chi connectivity index (χ1v) is 5.03. The molecule has 0 radical (unpaired) electrons. The van der Waals surface area contributed by atoms with Crippen LogP contribution in [0.5, 0.6) is 11.8 Å². The Kier molecular flexibility index (Phi) is 2.84. The lowest BCUT2D eigenvalue weighted by Gasteiger charge is -2.04. The van der Waals surface area contributed by atoms with Crippen LogP contribution in [0.3, 0.4) is 0 Å². The monoisotopic (exact) mass is 242 g/mol. The summed E-state index contributed by atoms with van der Waals surface area (Å²) in [5.41, 5.74) is 0. The molecule has 0 saturated carbocycles. The first kappa shape index (κ1) is 10.3. The van der Waals surface area contributed by atoms with Crippen molar-refractivity contribution in [2.75, 3.05) is 0 Å². The first-order chi connectivity index (χ1) is 7.16. The molecule has 0 aliphatic carbocycles. The van der Waals surface area contributed by atoms with Crippen LogP contribution < -0.4 is 4.74 Å². The number of nitrogens with zero attached hydrogens (tertiary/aromatic N) is 2. The van der Waals surface area contributed by atoms with Gasteiger partial charge >= 0.3 is 6.01 Å². The molecule has 0 fully saturated rings. The van der Waals surface area contributed by atoms with Crippen molar-refractivity contribution in [2.45, 2.75) is 0 Å². The average molecular weight is 243 g/mol. The maximum absolute atomic E-state index is 5.82. The highest BCUT2D eigenvalue weighted by atomic mass is 35.5. The minimum absolute atomic E-state index is 0.433. The second-order valence-corrected chi connectivity index (χ2v) is 3.81. The first-order valence-electron chi connectivity index (χ1n) is 4.27. The van der Waals surface area contributed by atoms with Gasteiger partial charge in [-0.15, -0.1) is 0 Å². The molecule has 1 heterocycles. The summed E-state index contributed by atoms with van der Waals surface area (Å²) in [6, 6.07) is 7.53. The van der Waals surface area contributed by atoms with Gasteiger partial charge in [-0.05, 0) is 18.2 Å². The van der Waals surface area contributed by atoms with E-state index in [1.54, 1.807) is 29.8 Å². The number of imidazole rings is 1. The third kappa shape index (κ3) is 2.25. The van der Waals surface area contributed by atoms with Crippen molar-refractivity contribution in [3.63, 3.8) is 0 Å². The van der Waals surface area contributed by atoms with E-state index in [9.17, 15) is 0 Å². The Morgan fingerprint density at radius 2 is 2.13 bits per heavy atom. The van der Waals surface area contributed by atoms with Gasteiger partial charge in [0.2, 0.25) is 0 Å². The largest absolute Gasteiger partial charge is 0.425 e. The van der Waals surface area contributed by atoms with Crippen LogP contribution in [0.1, 0.15) is 0 Å². The van der Waals surface area contributed by atoms with Gasteiger partial charge in [0.1, 0.15) is 10.9 Å². The molecule has 5 heteroatoms. The Morgan fingerprint density at radius 1 is 1.33 bits per heavy atom. The molecule has 0 bridgehead atoms. The minimum atomic E-state index is 0.433. The molecule has 2 aromatic rings. The summed E-state index contributed by atoms with van der Waals surface area (Å²) in [5.74, 6) is 0.632. The molecule has 1 aromatic carbocycles. The average Bonchev–Trinajstić information content (AvgIpc) is 2.50. The molecule has 0 N–H and O–H groups in total. The van der Waals surface area contributed by atoms with E-state index in [4.69, 9.17) is 27.9 Å². The second-order valence-electron chi connectivity index (χ2n) is 2.98. The Hall–Kier alpha value is -1.19. The number of aromatic nitrogens is 2. The van der Waals surface area contributed by atoms with E-state index in [1.165, 1.54) is 6.20 Å². The maximum atomic E-state index is 5.82. The fraction of sp³-hybridized carbons (Fsp3) is 0.100. The summed E-state index contributed by atoms with van der Waals surface area (Å²) in [7, 11) is 1.77. The molecule has 15 heavy (non-hydrogen) atoms. The standard InChI is InChI=1S/C10H8Cl2N2O/c1-14-9(12)6-13-10(14)15-8-4-2-3-7(11)5-8/h2-6H,1H3. The summed E-state index contributed by atoms with van der Waals surface area (Å²) in [6.07, 6.45) is 1.53. The Morgan fingerprint density at radius 3 is 2.73 bits per heavy atom. The topological polar surface area (TPSA) is 27.1 Å². The van der Waals surface area contributed by atoms with Crippen LogP contribution in [-0.2, 0) is 7.05 Å². The second kappa shape index (κ2) is 4.13. The fourth-order valence-electron chi connectivity index (χ4n) is 1.10. The zero-order chi connectivity index (χ0) is 10.8. The summed E-state index contributed by atoms with van der Waals surface area (Å²) >= 11 is 11.6. The lowest BCUT2D eigenvalue weighted by molar-refractivity contribution is 0.425. The summed E-state index contributed by atoms with van der Waals surface area (Å²) in [6.45, 7) is 0. The lowest BCUT2D eigenvalue weighted by atomic mass is 10.3. The van der Waals surface area contributed by atoms with Gasteiger partial charge < -0.3 is 4.74 Å². The molecule has 2 rings (SSSR count). The zero-order valence-corrected chi connectivity index (χ0v) is 9.46. The number of benzene rings is 1. The Labute approximate surface area is 97.2 Å². The van der Waals surface area contributed by atoms with Crippen molar-refractivity contribution in [2.24, 2.45) is 7.05 Å². The Balaban J connectivity index is 2.26. The molecule has 1 aromatic heterocycles. The molecule has 0 amide bonds. The predicted octanol–water partition coefficient (Wildman–Crippen LogP) is 3.52. The molecule has 0 unspecified atom stereocenters. The predicted molar refractivity (Wildman–Crippen MR) is 59.7 cm³/mol. The fourth-order valence-corrected chi connectivity index (χ4v) is 1.41. The highest BCUT2D eigenvalue weighted by Gasteiger charge is 2.06. The van der Waals surface area contributed by atoms with E-state index in [1.807, 2.05) is 6.07 Å². The van der Waals surface area contributed by atoms with Crippen molar-refractivity contribution < 1.29 is 4.74 Å². The van der Waals surface area contributed by atoms with Gasteiger partial charge in [0.05, 0.1) is 6.20 Å².